The summed E-state index contributed by atoms with van der Waals surface area (Å²) in [5.74, 6) is -0.784. The molecule has 1 aromatic heterocycles. The van der Waals surface area contributed by atoms with Crippen LogP contribution < -0.4 is 15.4 Å². The SMILES string of the molecule is CCOc1cc(F)c(CNc2ccccc2C(=N)c2nc(Cl)cc(C3CCNCC3)n2)c(F)c1. The minimum Gasteiger partial charge on any atom is -0.494 e. The molecule has 3 N–H and O–H groups in total. The molecular weight excluding hydrogens is 460 g/mol. The number of hydrogen-bond donors (Lipinski definition) is 3. The predicted octanol–water partition coefficient (Wildman–Crippen LogP) is 5.30. The first-order valence-electron chi connectivity index (χ1n) is 11.2. The first kappa shape index (κ1) is 24.0. The van der Waals surface area contributed by atoms with E-state index in [1.54, 1.807) is 37.3 Å². The van der Waals surface area contributed by atoms with Crippen molar-refractivity contribution in [3.8, 4) is 5.75 Å². The summed E-state index contributed by atoms with van der Waals surface area (Å²) >= 11 is 6.28. The quantitative estimate of drug-likeness (QED) is 0.298. The van der Waals surface area contributed by atoms with Crippen LogP contribution in [0, 0.1) is 17.0 Å². The molecule has 9 heteroatoms. The van der Waals surface area contributed by atoms with E-state index in [1.807, 2.05) is 0 Å². The van der Waals surface area contributed by atoms with Crippen LogP contribution >= 0.6 is 11.6 Å². The first-order valence-corrected chi connectivity index (χ1v) is 11.6. The lowest BCUT2D eigenvalue weighted by Gasteiger charge is -2.22. The van der Waals surface area contributed by atoms with E-state index in [1.165, 1.54) is 12.1 Å². The summed E-state index contributed by atoms with van der Waals surface area (Å²) in [6.45, 7) is 3.77. The van der Waals surface area contributed by atoms with Crippen molar-refractivity contribution in [2.75, 3.05) is 25.0 Å². The van der Waals surface area contributed by atoms with E-state index >= 15 is 0 Å². The molecule has 0 amide bonds. The van der Waals surface area contributed by atoms with Crippen molar-refractivity contribution in [2.24, 2.45) is 0 Å². The number of nitrogens with one attached hydrogen (secondary N) is 3. The maximum absolute atomic E-state index is 14.5. The van der Waals surface area contributed by atoms with Crippen LogP contribution in [0.4, 0.5) is 14.5 Å². The third-order valence-corrected chi connectivity index (χ3v) is 5.97. The predicted molar refractivity (Wildman–Crippen MR) is 129 cm³/mol. The van der Waals surface area contributed by atoms with Gasteiger partial charge in [0.25, 0.3) is 0 Å². The molecular formula is C25H26ClF2N5O. The second kappa shape index (κ2) is 10.9. The Balaban J connectivity index is 1.57. The summed E-state index contributed by atoms with van der Waals surface area (Å²) in [6.07, 6.45) is 1.88. The molecule has 0 aliphatic carbocycles. The Morgan fingerprint density at radius 1 is 1.15 bits per heavy atom. The highest BCUT2D eigenvalue weighted by Gasteiger charge is 2.21. The number of hydrogen-bond acceptors (Lipinski definition) is 6. The van der Waals surface area contributed by atoms with E-state index in [2.05, 4.69) is 20.6 Å². The van der Waals surface area contributed by atoms with Crippen molar-refractivity contribution in [3.63, 3.8) is 0 Å². The molecule has 1 aliphatic heterocycles. The van der Waals surface area contributed by atoms with Gasteiger partial charge >= 0.3 is 0 Å². The molecule has 6 nitrogen and oxygen atoms in total. The molecule has 0 spiro atoms. The summed E-state index contributed by atoms with van der Waals surface area (Å²) in [7, 11) is 0. The van der Waals surface area contributed by atoms with Gasteiger partial charge in [-0.2, -0.15) is 0 Å². The average molecular weight is 486 g/mol. The Morgan fingerprint density at radius 2 is 1.85 bits per heavy atom. The molecule has 2 aromatic carbocycles. The Bertz CT molecular complexity index is 1160. The fourth-order valence-electron chi connectivity index (χ4n) is 4.03. The highest BCUT2D eigenvalue weighted by Crippen LogP contribution is 2.27. The molecule has 178 valence electrons. The fraction of sp³-hybridized carbons (Fsp3) is 0.320. The maximum atomic E-state index is 14.5. The van der Waals surface area contributed by atoms with Crippen molar-refractivity contribution < 1.29 is 13.5 Å². The normalized spacial score (nSPS) is 14.1. The molecule has 0 radical (unpaired) electrons. The third-order valence-electron chi connectivity index (χ3n) is 5.77. The van der Waals surface area contributed by atoms with Crippen molar-refractivity contribution in [3.05, 3.63) is 81.9 Å². The molecule has 1 saturated heterocycles. The summed E-state index contributed by atoms with van der Waals surface area (Å²) in [5.41, 5.74) is 1.83. The summed E-state index contributed by atoms with van der Waals surface area (Å²) in [6, 6.07) is 11.1. The zero-order chi connectivity index (χ0) is 24.1. The van der Waals surface area contributed by atoms with E-state index in [9.17, 15) is 8.78 Å². The Hall–Kier alpha value is -3.10. The van der Waals surface area contributed by atoms with Gasteiger partial charge in [0, 0.05) is 47.1 Å². The van der Waals surface area contributed by atoms with Crippen molar-refractivity contribution in [1.82, 2.24) is 15.3 Å². The number of halogens is 3. The van der Waals surface area contributed by atoms with Crippen LogP contribution in [0.3, 0.4) is 0 Å². The van der Waals surface area contributed by atoms with Gasteiger partial charge in [0.1, 0.15) is 28.2 Å². The molecule has 34 heavy (non-hydrogen) atoms. The van der Waals surface area contributed by atoms with E-state index in [0.717, 1.165) is 31.6 Å². The zero-order valence-corrected chi connectivity index (χ0v) is 19.6. The van der Waals surface area contributed by atoms with Gasteiger partial charge in [0.2, 0.25) is 0 Å². The number of ether oxygens (including phenoxy) is 1. The van der Waals surface area contributed by atoms with Crippen LogP contribution in [0.5, 0.6) is 5.75 Å². The van der Waals surface area contributed by atoms with Gasteiger partial charge < -0.3 is 15.4 Å². The van der Waals surface area contributed by atoms with Gasteiger partial charge in [0.05, 0.1) is 6.61 Å². The smallest absolute Gasteiger partial charge is 0.179 e. The summed E-state index contributed by atoms with van der Waals surface area (Å²) < 4.78 is 34.2. The number of anilines is 1. The van der Waals surface area contributed by atoms with Gasteiger partial charge in [-0.1, -0.05) is 29.8 Å². The van der Waals surface area contributed by atoms with E-state index in [4.69, 9.17) is 21.7 Å². The molecule has 0 saturated carbocycles. The van der Waals surface area contributed by atoms with E-state index in [-0.39, 0.29) is 40.5 Å². The van der Waals surface area contributed by atoms with Crippen LogP contribution in [0.1, 0.15) is 48.3 Å². The number of rotatable bonds is 8. The van der Waals surface area contributed by atoms with Crippen molar-refractivity contribution in [2.45, 2.75) is 32.2 Å². The fourth-order valence-corrected chi connectivity index (χ4v) is 4.22. The van der Waals surface area contributed by atoms with Crippen LogP contribution in [-0.4, -0.2) is 35.4 Å². The Morgan fingerprint density at radius 3 is 2.56 bits per heavy atom. The standard InChI is InChI=1S/C25H26ClF2N5O/c1-2-34-16-11-19(27)18(20(28)12-16)14-31-21-6-4-3-5-17(21)24(29)25-32-22(13-23(26)33-25)15-7-9-30-10-8-15/h3-6,11-13,15,29-31H,2,7-10,14H2,1H3. The molecule has 4 rings (SSSR count). The van der Waals surface area contributed by atoms with Gasteiger partial charge in [0.15, 0.2) is 5.82 Å². The number of para-hydroxylation sites is 1. The lowest BCUT2D eigenvalue weighted by Crippen LogP contribution is -2.27. The second-order valence-corrected chi connectivity index (χ2v) is 8.42. The van der Waals surface area contributed by atoms with Gasteiger partial charge in [-0.15, -0.1) is 0 Å². The minimum atomic E-state index is -0.701. The lowest BCUT2D eigenvalue weighted by molar-refractivity contribution is 0.335. The number of nitrogens with zero attached hydrogens (tertiary/aromatic N) is 2. The highest BCUT2D eigenvalue weighted by molar-refractivity contribution is 6.29. The van der Waals surface area contributed by atoms with Gasteiger partial charge in [-0.25, -0.2) is 18.7 Å². The third kappa shape index (κ3) is 5.51. The molecule has 0 atom stereocenters. The van der Waals surface area contributed by atoms with Gasteiger partial charge in [-0.05, 0) is 45.0 Å². The molecule has 3 aromatic rings. The maximum Gasteiger partial charge on any atom is 0.179 e. The number of benzene rings is 2. The second-order valence-electron chi connectivity index (χ2n) is 8.04. The molecule has 0 unspecified atom stereocenters. The summed E-state index contributed by atoms with van der Waals surface area (Å²) in [4.78, 5) is 8.91. The largest absolute Gasteiger partial charge is 0.494 e. The average Bonchev–Trinajstić information content (AvgIpc) is 2.84. The Kier molecular flexibility index (Phi) is 7.70. The van der Waals surface area contributed by atoms with Crippen LogP contribution in [0.2, 0.25) is 5.15 Å². The van der Waals surface area contributed by atoms with Crippen LogP contribution in [-0.2, 0) is 6.54 Å². The highest BCUT2D eigenvalue weighted by atomic mass is 35.5. The van der Waals surface area contributed by atoms with E-state index < -0.39 is 11.6 Å². The number of piperidine rings is 1. The number of aromatic nitrogens is 2. The zero-order valence-electron chi connectivity index (χ0n) is 18.8. The first-order chi connectivity index (χ1) is 16.5. The summed E-state index contributed by atoms with van der Waals surface area (Å²) in [5, 5.41) is 15.4. The minimum absolute atomic E-state index is 0.0772. The van der Waals surface area contributed by atoms with E-state index in [0.29, 0.717) is 17.9 Å². The molecule has 1 fully saturated rings. The molecule has 1 aliphatic rings. The van der Waals surface area contributed by atoms with Gasteiger partial charge in [-0.3, -0.25) is 5.41 Å². The van der Waals surface area contributed by atoms with Crippen LogP contribution in [0.25, 0.3) is 0 Å². The lowest BCUT2D eigenvalue weighted by atomic mass is 9.94. The monoisotopic (exact) mass is 485 g/mol. The Labute approximate surface area is 202 Å². The molecule has 2 heterocycles. The molecule has 0 bridgehead atoms. The van der Waals surface area contributed by atoms with Crippen molar-refractivity contribution >= 4 is 23.0 Å². The topological polar surface area (TPSA) is 82.9 Å². The van der Waals surface area contributed by atoms with Crippen molar-refractivity contribution in [1.29, 1.82) is 5.41 Å². The van der Waals surface area contributed by atoms with Crippen LogP contribution in [0.15, 0.2) is 42.5 Å².